The van der Waals surface area contributed by atoms with Crippen LogP contribution < -0.4 is 4.74 Å². The first-order valence-electron chi connectivity index (χ1n) is 7.38. The number of carbonyl (C=O) groups excluding carboxylic acids is 1. The van der Waals surface area contributed by atoms with Gasteiger partial charge in [-0.2, -0.15) is 4.68 Å². The number of hydrogen-bond donors (Lipinski definition) is 0. The summed E-state index contributed by atoms with van der Waals surface area (Å²) in [5.41, 5.74) is 1.49. The number of Topliss-reactive ketones (excluding diaryl/α,β-unsaturated/α-hetero) is 1. The Kier molecular flexibility index (Phi) is 4.90. The van der Waals surface area contributed by atoms with Gasteiger partial charge in [-0.3, -0.25) is 4.79 Å². The summed E-state index contributed by atoms with van der Waals surface area (Å²) in [6.07, 6.45) is 0. The number of methoxy groups -OCH3 is 1. The van der Waals surface area contributed by atoms with Gasteiger partial charge in [0.15, 0.2) is 5.78 Å². The molecule has 0 aliphatic carbocycles. The predicted octanol–water partition coefficient (Wildman–Crippen LogP) is 3.03. The lowest BCUT2D eigenvalue weighted by Gasteiger charge is -2.10. The molecule has 24 heavy (non-hydrogen) atoms. The molecular weight excluding hydrogens is 324 g/mol. The predicted molar refractivity (Wildman–Crippen MR) is 91.8 cm³/mol. The SMILES string of the molecule is COc1ccc(-n2nnnc2SC(C)C(=O)c2ccccc2)cc1. The van der Waals surface area contributed by atoms with Gasteiger partial charge < -0.3 is 4.74 Å². The summed E-state index contributed by atoms with van der Waals surface area (Å²) in [5.74, 6) is 0.804. The lowest BCUT2D eigenvalue weighted by molar-refractivity contribution is 0.0994. The van der Waals surface area contributed by atoms with E-state index in [2.05, 4.69) is 15.5 Å². The van der Waals surface area contributed by atoms with E-state index in [9.17, 15) is 4.79 Å². The summed E-state index contributed by atoms with van der Waals surface area (Å²) in [6.45, 7) is 1.85. The van der Waals surface area contributed by atoms with Crippen molar-refractivity contribution in [3.63, 3.8) is 0 Å². The smallest absolute Gasteiger partial charge is 0.214 e. The number of hydrogen-bond acceptors (Lipinski definition) is 6. The third-order valence-corrected chi connectivity index (χ3v) is 4.50. The van der Waals surface area contributed by atoms with Crippen molar-refractivity contribution in [2.45, 2.75) is 17.3 Å². The highest BCUT2D eigenvalue weighted by atomic mass is 32.2. The molecule has 0 bridgehead atoms. The highest BCUT2D eigenvalue weighted by Crippen LogP contribution is 2.25. The van der Waals surface area contributed by atoms with Crippen LogP contribution in [0.15, 0.2) is 59.8 Å². The fourth-order valence-electron chi connectivity index (χ4n) is 2.19. The molecule has 0 N–H and O–H groups in total. The molecule has 0 saturated carbocycles. The molecule has 3 rings (SSSR count). The van der Waals surface area contributed by atoms with E-state index < -0.39 is 0 Å². The second kappa shape index (κ2) is 7.27. The number of carbonyl (C=O) groups is 1. The van der Waals surface area contributed by atoms with E-state index >= 15 is 0 Å². The third-order valence-electron chi connectivity index (χ3n) is 3.47. The minimum Gasteiger partial charge on any atom is -0.497 e. The Hall–Kier alpha value is -2.67. The van der Waals surface area contributed by atoms with Gasteiger partial charge in [-0.05, 0) is 41.6 Å². The molecule has 1 unspecified atom stereocenters. The van der Waals surface area contributed by atoms with E-state index in [1.165, 1.54) is 11.8 Å². The van der Waals surface area contributed by atoms with Gasteiger partial charge in [0.2, 0.25) is 5.16 Å². The van der Waals surface area contributed by atoms with Crippen LogP contribution in [0.3, 0.4) is 0 Å². The number of ketones is 1. The van der Waals surface area contributed by atoms with Gasteiger partial charge >= 0.3 is 0 Å². The molecule has 0 radical (unpaired) electrons. The van der Waals surface area contributed by atoms with Crippen LogP contribution in [0.2, 0.25) is 0 Å². The number of tetrazole rings is 1. The van der Waals surface area contributed by atoms with Gasteiger partial charge in [-0.15, -0.1) is 5.10 Å². The Bertz CT molecular complexity index is 818. The van der Waals surface area contributed by atoms with Gasteiger partial charge in [0.1, 0.15) is 5.75 Å². The first kappa shape index (κ1) is 16.2. The summed E-state index contributed by atoms with van der Waals surface area (Å²) >= 11 is 1.33. The Morgan fingerprint density at radius 1 is 1.12 bits per heavy atom. The number of nitrogens with zero attached hydrogens (tertiary/aromatic N) is 4. The molecule has 0 fully saturated rings. The molecule has 1 heterocycles. The monoisotopic (exact) mass is 340 g/mol. The molecule has 0 amide bonds. The van der Waals surface area contributed by atoms with Crippen LogP contribution in [-0.4, -0.2) is 38.4 Å². The van der Waals surface area contributed by atoms with Crippen molar-refractivity contribution < 1.29 is 9.53 Å². The van der Waals surface area contributed by atoms with Gasteiger partial charge in [0, 0.05) is 5.56 Å². The molecule has 1 aromatic heterocycles. The lowest BCUT2D eigenvalue weighted by atomic mass is 10.1. The average molecular weight is 340 g/mol. The van der Waals surface area contributed by atoms with Crippen molar-refractivity contribution in [3.8, 4) is 11.4 Å². The summed E-state index contributed by atoms with van der Waals surface area (Å²) in [4.78, 5) is 12.5. The maximum absolute atomic E-state index is 12.5. The van der Waals surface area contributed by atoms with Gasteiger partial charge in [-0.25, -0.2) is 0 Å². The van der Waals surface area contributed by atoms with Crippen LogP contribution in [-0.2, 0) is 0 Å². The first-order valence-corrected chi connectivity index (χ1v) is 8.25. The molecule has 3 aromatic rings. The highest BCUT2D eigenvalue weighted by Gasteiger charge is 2.20. The zero-order valence-corrected chi connectivity index (χ0v) is 14.1. The van der Waals surface area contributed by atoms with Crippen LogP contribution in [0, 0.1) is 0 Å². The number of benzene rings is 2. The second-order valence-electron chi connectivity index (χ2n) is 5.06. The normalized spacial score (nSPS) is 11.9. The molecule has 6 nitrogen and oxygen atoms in total. The van der Waals surface area contributed by atoms with Crippen LogP contribution in [0.1, 0.15) is 17.3 Å². The first-order chi connectivity index (χ1) is 11.7. The summed E-state index contributed by atoms with van der Waals surface area (Å²) in [6, 6.07) is 16.6. The van der Waals surface area contributed by atoms with Crippen molar-refractivity contribution >= 4 is 17.5 Å². The Morgan fingerprint density at radius 3 is 2.50 bits per heavy atom. The fraction of sp³-hybridized carbons (Fsp3) is 0.176. The van der Waals surface area contributed by atoms with Crippen LogP contribution in [0.5, 0.6) is 5.75 Å². The molecule has 0 aliphatic heterocycles. The summed E-state index contributed by atoms with van der Waals surface area (Å²) in [5, 5.41) is 12.0. The van der Waals surface area contributed by atoms with Crippen molar-refractivity contribution in [1.29, 1.82) is 0 Å². The maximum Gasteiger partial charge on any atom is 0.214 e. The fourth-order valence-corrected chi connectivity index (χ4v) is 3.07. The summed E-state index contributed by atoms with van der Waals surface area (Å²) in [7, 11) is 1.62. The van der Waals surface area contributed by atoms with Gasteiger partial charge in [-0.1, -0.05) is 42.1 Å². The Balaban J connectivity index is 1.79. The number of rotatable bonds is 6. The van der Waals surface area contributed by atoms with Crippen molar-refractivity contribution in [2.75, 3.05) is 7.11 Å². The van der Waals surface area contributed by atoms with Gasteiger partial charge in [0.25, 0.3) is 0 Å². The summed E-state index contributed by atoms with van der Waals surface area (Å²) < 4.78 is 6.76. The molecule has 122 valence electrons. The largest absolute Gasteiger partial charge is 0.497 e. The topological polar surface area (TPSA) is 69.9 Å². The van der Waals surface area contributed by atoms with E-state index in [4.69, 9.17) is 4.74 Å². The van der Waals surface area contributed by atoms with E-state index in [0.717, 1.165) is 11.4 Å². The zero-order valence-electron chi connectivity index (χ0n) is 13.3. The average Bonchev–Trinajstić information content (AvgIpc) is 3.10. The van der Waals surface area contributed by atoms with Crippen LogP contribution in [0.25, 0.3) is 5.69 Å². The maximum atomic E-state index is 12.5. The van der Waals surface area contributed by atoms with E-state index in [0.29, 0.717) is 10.7 Å². The molecule has 0 spiro atoms. The van der Waals surface area contributed by atoms with Crippen LogP contribution in [0.4, 0.5) is 0 Å². The van der Waals surface area contributed by atoms with Crippen LogP contribution >= 0.6 is 11.8 Å². The van der Waals surface area contributed by atoms with Gasteiger partial charge in [0.05, 0.1) is 18.0 Å². The van der Waals surface area contributed by atoms with E-state index in [-0.39, 0.29) is 11.0 Å². The molecule has 0 aliphatic rings. The van der Waals surface area contributed by atoms with Crippen molar-refractivity contribution in [1.82, 2.24) is 20.2 Å². The molecule has 1 atom stereocenters. The Morgan fingerprint density at radius 2 is 1.83 bits per heavy atom. The minimum absolute atomic E-state index is 0.0462. The quantitative estimate of drug-likeness (QED) is 0.507. The van der Waals surface area contributed by atoms with Crippen molar-refractivity contribution in [3.05, 3.63) is 60.2 Å². The second-order valence-corrected chi connectivity index (χ2v) is 6.37. The number of thioether (sulfide) groups is 1. The van der Waals surface area contributed by atoms with Crippen molar-refractivity contribution in [2.24, 2.45) is 0 Å². The number of aromatic nitrogens is 4. The molecular formula is C17H16N4O2S. The standard InChI is InChI=1S/C17H16N4O2S/c1-12(16(22)13-6-4-3-5-7-13)24-17-18-19-20-21(17)14-8-10-15(23-2)11-9-14/h3-12H,1-2H3. The molecule has 7 heteroatoms. The highest BCUT2D eigenvalue weighted by molar-refractivity contribution is 8.00. The lowest BCUT2D eigenvalue weighted by Crippen LogP contribution is -2.14. The van der Waals surface area contributed by atoms with E-state index in [1.807, 2.05) is 61.5 Å². The number of ether oxygens (including phenoxy) is 1. The van der Waals surface area contributed by atoms with E-state index in [1.54, 1.807) is 11.8 Å². The molecule has 2 aromatic carbocycles. The molecule has 0 saturated heterocycles. The Labute approximate surface area is 143 Å². The third kappa shape index (κ3) is 3.46. The minimum atomic E-state index is -0.296. The zero-order chi connectivity index (χ0) is 16.9.